The molecule has 1 aliphatic carbocycles. The molecule has 0 bridgehead atoms. The smallest absolute Gasteiger partial charge is 0.307 e. The molecule has 1 saturated heterocycles. The summed E-state index contributed by atoms with van der Waals surface area (Å²) in [5.74, 6) is -2.63. The minimum Gasteiger partial charge on any atom is -0.481 e. The molecule has 26 heavy (non-hydrogen) atoms. The lowest BCUT2D eigenvalue weighted by Crippen LogP contribution is -2.40. The number of carbonyl (C=O) groups excluding carboxylic acids is 2. The second kappa shape index (κ2) is 8.14. The monoisotopic (exact) mass is 358 g/mol. The minimum absolute atomic E-state index is 0.0606. The van der Waals surface area contributed by atoms with E-state index in [0.717, 1.165) is 0 Å². The Hall–Kier alpha value is -2.67. The van der Waals surface area contributed by atoms with Gasteiger partial charge in [0.1, 0.15) is 0 Å². The number of nitrogens with zero attached hydrogens (tertiary/aromatic N) is 1. The van der Waals surface area contributed by atoms with Crippen LogP contribution in [-0.2, 0) is 14.3 Å². The van der Waals surface area contributed by atoms with Crippen molar-refractivity contribution in [1.82, 2.24) is 4.90 Å². The Morgan fingerprint density at radius 3 is 2.23 bits per heavy atom. The van der Waals surface area contributed by atoms with Gasteiger partial charge in [-0.3, -0.25) is 14.4 Å². The molecule has 3 rings (SSSR count). The summed E-state index contributed by atoms with van der Waals surface area (Å²) in [6.45, 7) is 2.23. The van der Waals surface area contributed by atoms with Crippen LogP contribution in [0.5, 0.6) is 0 Å². The normalized spacial score (nSPS) is 22.7. The third kappa shape index (κ3) is 4.11. The van der Waals surface area contributed by atoms with Crippen molar-refractivity contribution >= 4 is 23.5 Å². The maximum atomic E-state index is 12.5. The first kappa shape index (κ1) is 18.1. The molecule has 2 amide bonds. The second-order valence-electron chi connectivity index (χ2n) is 6.47. The third-order valence-electron chi connectivity index (χ3n) is 4.78. The number of carbonyl (C=O) groups is 3. The molecule has 2 aliphatic rings. The van der Waals surface area contributed by atoms with Crippen LogP contribution in [0.15, 0.2) is 36.4 Å². The summed E-state index contributed by atoms with van der Waals surface area (Å²) in [5, 5.41) is 12.0. The van der Waals surface area contributed by atoms with E-state index in [4.69, 9.17) is 4.74 Å². The fourth-order valence-electron chi connectivity index (χ4n) is 3.26. The van der Waals surface area contributed by atoms with Gasteiger partial charge in [0.25, 0.3) is 5.91 Å². The molecule has 2 atom stereocenters. The van der Waals surface area contributed by atoms with Crippen LogP contribution >= 0.6 is 0 Å². The number of nitrogens with one attached hydrogen (secondary N) is 1. The molecule has 0 radical (unpaired) electrons. The fourth-order valence-corrected chi connectivity index (χ4v) is 3.26. The summed E-state index contributed by atoms with van der Waals surface area (Å²) in [7, 11) is 0. The highest BCUT2D eigenvalue weighted by Gasteiger charge is 2.34. The summed E-state index contributed by atoms with van der Waals surface area (Å²) in [6, 6.07) is 6.67. The van der Waals surface area contributed by atoms with Gasteiger partial charge in [-0.2, -0.15) is 0 Å². The lowest BCUT2D eigenvalue weighted by molar-refractivity contribution is -0.146. The zero-order valence-corrected chi connectivity index (χ0v) is 14.4. The Balaban J connectivity index is 1.63. The maximum Gasteiger partial charge on any atom is 0.307 e. The summed E-state index contributed by atoms with van der Waals surface area (Å²) < 4.78 is 5.24. The highest BCUT2D eigenvalue weighted by Crippen LogP contribution is 2.27. The second-order valence-corrected chi connectivity index (χ2v) is 6.47. The average Bonchev–Trinajstić information content (AvgIpc) is 2.68. The third-order valence-corrected chi connectivity index (χ3v) is 4.78. The number of hydrogen-bond acceptors (Lipinski definition) is 4. The van der Waals surface area contributed by atoms with Crippen molar-refractivity contribution < 1.29 is 24.2 Å². The number of carboxylic acid groups (broad SMARTS) is 1. The van der Waals surface area contributed by atoms with Crippen molar-refractivity contribution in [2.75, 3.05) is 31.6 Å². The van der Waals surface area contributed by atoms with E-state index in [-0.39, 0.29) is 11.8 Å². The number of aliphatic carboxylic acids is 1. The topological polar surface area (TPSA) is 95.9 Å². The lowest BCUT2D eigenvalue weighted by atomic mass is 9.82. The number of allylic oxidation sites excluding steroid dienone is 2. The van der Waals surface area contributed by atoms with Gasteiger partial charge in [0.15, 0.2) is 0 Å². The van der Waals surface area contributed by atoms with Gasteiger partial charge < -0.3 is 20.1 Å². The number of anilines is 1. The first-order valence-electron chi connectivity index (χ1n) is 8.72. The molecule has 2 N–H and O–H groups in total. The van der Waals surface area contributed by atoms with Gasteiger partial charge in [-0.25, -0.2) is 0 Å². The molecule has 1 aromatic rings. The number of rotatable bonds is 4. The predicted molar refractivity (Wildman–Crippen MR) is 94.8 cm³/mol. The number of morpholine rings is 1. The van der Waals surface area contributed by atoms with Crippen LogP contribution in [0.2, 0.25) is 0 Å². The predicted octanol–water partition coefficient (Wildman–Crippen LogP) is 1.76. The average molecular weight is 358 g/mol. The van der Waals surface area contributed by atoms with Crippen LogP contribution in [0.1, 0.15) is 23.2 Å². The molecular weight excluding hydrogens is 336 g/mol. The largest absolute Gasteiger partial charge is 0.481 e. The minimum atomic E-state index is -0.957. The van der Waals surface area contributed by atoms with Crippen molar-refractivity contribution in [3.8, 4) is 0 Å². The Kier molecular flexibility index (Phi) is 5.68. The first-order chi connectivity index (χ1) is 12.6. The van der Waals surface area contributed by atoms with Crippen LogP contribution in [0.3, 0.4) is 0 Å². The van der Waals surface area contributed by atoms with E-state index in [1.807, 2.05) is 6.08 Å². The standard InChI is InChI=1S/C19H22N2O5/c22-17(15-3-1-2-4-16(15)19(24)25)20-14-7-5-13(6-8-14)18(23)21-9-11-26-12-10-21/h1-2,5-8,15-16H,3-4,9-12H2,(H,20,22)(H,24,25)/t15-,16+/m0/s1. The summed E-state index contributed by atoms with van der Waals surface area (Å²) in [5.41, 5.74) is 1.10. The summed E-state index contributed by atoms with van der Waals surface area (Å²) in [4.78, 5) is 37.9. The quantitative estimate of drug-likeness (QED) is 0.800. The van der Waals surface area contributed by atoms with Gasteiger partial charge in [0.2, 0.25) is 5.91 Å². The fraction of sp³-hybridized carbons (Fsp3) is 0.421. The molecule has 1 fully saturated rings. The molecule has 0 aromatic heterocycles. The van der Waals surface area contributed by atoms with Gasteiger partial charge in [0.05, 0.1) is 25.0 Å². The lowest BCUT2D eigenvalue weighted by Gasteiger charge is -2.27. The number of hydrogen-bond donors (Lipinski definition) is 2. The summed E-state index contributed by atoms with van der Waals surface area (Å²) >= 11 is 0. The van der Waals surface area contributed by atoms with Crippen LogP contribution < -0.4 is 5.32 Å². The van der Waals surface area contributed by atoms with E-state index in [2.05, 4.69) is 5.32 Å². The number of ether oxygens (including phenoxy) is 1. The molecule has 0 unspecified atom stereocenters. The Morgan fingerprint density at radius 1 is 1.00 bits per heavy atom. The van der Waals surface area contributed by atoms with Crippen molar-refractivity contribution in [2.45, 2.75) is 12.8 Å². The van der Waals surface area contributed by atoms with Crippen molar-refractivity contribution in [3.05, 3.63) is 42.0 Å². The number of carboxylic acids is 1. The molecule has 7 nitrogen and oxygen atoms in total. The molecule has 1 aliphatic heterocycles. The van der Waals surface area contributed by atoms with Crippen molar-refractivity contribution in [1.29, 1.82) is 0 Å². The Bertz CT molecular complexity index is 707. The van der Waals surface area contributed by atoms with Crippen molar-refractivity contribution in [2.24, 2.45) is 11.8 Å². The molecule has 0 spiro atoms. The molecule has 1 aromatic carbocycles. The highest BCUT2D eigenvalue weighted by molar-refractivity contribution is 5.97. The number of amides is 2. The van der Waals surface area contributed by atoms with E-state index in [9.17, 15) is 19.5 Å². The molecule has 138 valence electrons. The van der Waals surface area contributed by atoms with E-state index in [0.29, 0.717) is 50.4 Å². The van der Waals surface area contributed by atoms with Crippen LogP contribution in [0.25, 0.3) is 0 Å². The Morgan fingerprint density at radius 2 is 1.62 bits per heavy atom. The van der Waals surface area contributed by atoms with Gasteiger partial charge in [-0.05, 0) is 37.1 Å². The molecule has 7 heteroatoms. The van der Waals surface area contributed by atoms with Crippen LogP contribution in [0, 0.1) is 11.8 Å². The molecule has 1 heterocycles. The van der Waals surface area contributed by atoms with E-state index < -0.39 is 17.8 Å². The van der Waals surface area contributed by atoms with Crippen molar-refractivity contribution in [3.63, 3.8) is 0 Å². The van der Waals surface area contributed by atoms with E-state index in [1.165, 1.54) is 0 Å². The van der Waals surface area contributed by atoms with Gasteiger partial charge >= 0.3 is 5.97 Å². The maximum absolute atomic E-state index is 12.5. The Labute approximate surface area is 151 Å². The van der Waals surface area contributed by atoms with Gasteiger partial charge in [-0.15, -0.1) is 0 Å². The SMILES string of the molecule is O=C(Nc1ccc(C(=O)N2CCOCC2)cc1)[C@H]1CC=CC[C@H]1C(=O)O. The number of benzene rings is 1. The van der Waals surface area contributed by atoms with E-state index in [1.54, 1.807) is 35.2 Å². The van der Waals surface area contributed by atoms with Gasteiger partial charge in [0, 0.05) is 24.3 Å². The molecule has 0 saturated carbocycles. The highest BCUT2D eigenvalue weighted by atomic mass is 16.5. The summed E-state index contributed by atoms with van der Waals surface area (Å²) in [6.07, 6.45) is 4.42. The zero-order chi connectivity index (χ0) is 18.5. The van der Waals surface area contributed by atoms with Gasteiger partial charge in [-0.1, -0.05) is 12.2 Å². The molecular formula is C19H22N2O5. The zero-order valence-electron chi connectivity index (χ0n) is 14.4. The van der Waals surface area contributed by atoms with E-state index >= 15 is 0 Å². The first-order valence-corrected chi connectivity index (χ1v) is 8.72. The van der Waals surface area contributed by atoms with Crippen LogP contribution in [0.4, 0.5) is 5.69 Å². The van der Waals surface area contributed by atoms with Crippen LogP contribution in [-0.4, -0.2) is 54.1 Å².